The topological polar surface area (TPSA) is 111 Å². The molecule has 0 spiro atoms. The van der Waals surface area contributed by atoms with Gasteiger partial charge in [-0.25, -0.2) is 19.2 Å². The van der Waals surface area contributed by atoms with Gasteiger partial charge in [0.2, 0.25) is 0 Å². The number of carbonyl (C=O) groups excluding carboxylic acids is 2. The molecule has 0 radical (unpaired) electrons. The number of nitrogen functional groups attached to an aromatic ring is 1. The van der Waals surface area contributed by atoms with Gasteiger partial charge in [0.15, 0.2) is 5.16 Å². The van der Waals surface area contributed by atoms with Crippen molar-refractivity contribution in [3.05, 3.63) is 47.8 Å². The molecular weight excluding hydrogens is 366 g/mol. The molecule has 2 heterocycles. The fourth-order valence-corrected chi connectivity index (χ4v) is 3.63. The van der Waals surface area contributed by atoms with Crippen LogP contribution in [0.1, 0.15) is 13.8 Å². The normalized spacial score (nSPS) is 16.7. The molecule has 8 nitrogen and oxygen atoms in total. The van der Waals surface area contributed by atoms with E-state index in [0.717, 1.165) is 11.3 Å². The zero-order valence-electron chi connectivity index (χ0n) is 15.1. The van der Waals surface area contributed by atoms with Crippen LogP contribution in [0.3, 0.4) is 0 Å². The lowest BCUT2D eigenvalue weighted by molar-refractivity contribution is -0.138. The summed E-state index contributed by atoms with van der Waals surface area (Å²) in [5, 5.41) is 5.94. The zero-order valence-corrected chi connectivity index (χ0v) is 15.9. The van der Waals surface area contributed by atoms with Gasteiger partial charge in [-0.1, -0.05) is 42.1 Å². The number of nitrogens with two attached hydrogens (primary N) is 1. The second-order valence-corrected chi connectivity index (χ2v) is 6.85. The smallest absolute Gasteiger partial charge is 0.337 e. The first-order valence-electron chi connectivity index (χ1n) is 8.50. The van der Waals surface area contributed by atoms with Crippen LogP contribution in [0.2, 0.25) is 0 Å². The van der Waals surface area contributed by atoms with Gasteiger partial charge < -0.3 is 21.2 Å². The SMILES string of the molecule is CCOC(=O)C1=C(CSc2nc(-c3ccccc3)cn2N)NC(=O)N[C@@H]1C. The van der Waals surface area contributed by atoms with Crippen molar-refractivity contribution in [2.75, 3.05) is 18.2 Å². The Labute approximate surface area is 161 Å². The summed E-state index contributed by atoms with van der Waals surface area (Å²) in [6.45, 7) is 3.74. The second-order valence-electron chi connectivity index (χ2n) is 5.90. The van der Waals surface area contributed by atoms with Gasteiger partial charge in [0, 0.05) is 17.0 Å². The van der Waals surface area contributed by atoms with Crippen LogP contribution in [0.4, 0.5) is 4.79 Å². The third-order valence-corrected chi connectivity index (χ3v) is 4.97. The Bertz CT molecular complexity index is 878. The van der Waals surface area contributed by atoms with Gasteiger partial charge in [-0.05, 0) is 13.8 Å². The Morgan fingerprint density at radius 3 is 2.81 bits per heavy atom. The molecule has 1 aliphatic heterocycles. The summed E-state index contributed by atoms with van der Waals surface area (Å²) >= 11 is 1.33. The molecule has 1 atom stereocenters. The second kappa shape index (κ2) is 8.17. The van der Waals surface area contributed by atoms with E-state index in [4.69, 9.17) is 10.6 Å². The van der Waals surface area contributed by atoms with Crippen LogP contribution < -0.4 is 16.5 Å². The number of rotatable bonds is 6. The van der Waals surface area contributed by atoms with Gasteiger partial charge in [0.25, 0.3) is 0 Å². The number of hydrogen-bond acceptors (Lipinski definition) is 6. The molecule has 0 saturated carbocycles. The van der Waals surface area contributed by atoms with Gasteiger partial charge in [-0.15, -0.1) is 0 Å². The molecule has 0 bridgehead atoms. The molecule has 1 aliphatic rings. The van der Waals surface area contributed by atoms with Gasteiger partial charge >= 0.3 is 12.0 Å². The molecule has 2 aromatic rings. The van der Waals surface area contributed by atoms with Crippen LogP contribution >= 0.6 is 11.8 Å². The van der Waals surface area contributed by atoms with Crippen LogP contribution in [0.25, 0.3) is 11.3 Å². The zero-order chi connectivity index (χ0) is 19.4. The first kappa shape index (κ1) is 18.8. The van der Waals surface area contributed by atoms with Crippen molar-refractivity contribution in [2.45, 2.75) is 25.0 Å². The van der Waals surface area contributed by atoms with E-state index in [2.05, 4.69) is 15.6 Å². The lowest BCUT2D eigenvalue weighted by Gasteiger charge is -2.26. The van der Waals surface area contributed by atoms with E-state index in [1.54, 1.807) is 20.0 Å². The fraction of sp³-hybridized carbons (Fsp3) is 0.278. The molecule has 1 aromatic carbocycles. The Kier molecular flexibility index (Phi) is 5.70. The Balaban J connectivity index is 1.81. The summed E-state index contributed by atoms with van der Waals surface area (Å²) in [4.78, 5) is 28.6. The number of aromatic nitrogens is 2. The van der Waals surface area contributed by atoms with E-state index in [0.29, 0.717) is 22.2 Å². The van der Waals surface area contributed by atoms with Crippen LogP contribution in [0.5, 0.6) is 0 Å². The maximum absolute atomic E-state index is 12.3. The van der Waals surface area contributed by atoms with Gasteiger partial charge in [-0.3, -0.25) is 0 Å². The quantitative estimate of drug-likeness (QED) is 0.396. The minimum Gasteiger partial charge on any atom is -0.463 e. The van der Waals surface area contributed by atoms with Crippen molar-refractivity contribution < 1.29 is 14.3 Å². The molecule has 0 saturated heterocycles. The summed E-state index contributed by atoms with van der Waals surface area (Å²) in [6.07, 6.45) is 1.74. The highest BCUT2D eigenvalue weighted by atomic mass is 32.2. The van der Waals surface area contributed by atoms with Crippen molar-refractivity contribution in [1.82, 2.24) is 20.3 Å². The molecule has 1 aromatic heterocycles. The fourth-order valence-electron chi connectivity index (χ4n) is 2.76. The number of ether oxygens (including phenoxy) is 1. The van der Waals surface area contributed by atoms with Crippen molar-refractivity contribution >= 4 is 23.8 Å². The minimum atomic E-state index is -0.450. The molecule has 9 heteroatoms. The van der Waals surface area contributed by atoms with Crippen molar-refractivity contribution in [3.63, 3.8) is 0 Å². The molecule has 3 rings (SSSR count). The van der Waals surface area contributed by atoms with Crippen LogP contribution in [0.15, 0.2) is 53.0 Å². The van der Waals surface area contributed by atoms with Crippen LogP contribution in [-0.4, -0.2) is 40.1 Å². The number of benzene rings is 1. The summed E-state index contributed by atoms with van der Waals surface area (Å²) in [5.74, 6) is 5.89. The highest BCUT2D eigenvalue weighted by Gasteiger charge is 2.29. The molecule has 4 N–H and O–H groups in total. The highest BCUT2D eigenvalue weighted by molar-refractivity contribution is 7.99. The molecule has 0 unspecified atom stereocenters. The van der Waals surface area contributed by atoms with E-state index < -0.39 is 12.0 Å². The Hall–Kier alpha value is -2.94. The maximum Gasteiger partial charge on any atom is 0.337 e. The standard InChI is InChI=1S/C18H21N5O3S/c1-3-26-16(24)15-11(2)20-17(25)21-14(15)10-27-18-22-13(9-23(18)19)12-7-5-4-6-8-12/h4-9,11H,3,10,19H2,1-2H3,(H2,20,21,25)/t11-/m1/s1. The maximum atomic E-state index is 12.3. The minimum absolute atomic E-state index is 0.261. The Morgan fingerprint density at radius 2 is 2.11 bits per heavy atom. The number of carbonyl (C=O) groups is 2. The average molecular weight is 387 g/mol. The van der Waals surface area contributed by atoms with Gasteiger partial charge in [-0.2, -0.15) is 0 Å². The predicted molar refractivity (Wildman–Crippen MR) is 103 cm³/mol. The summed E-state index contributed by atoms with van der Waals surface area (Å²) in [5.41, 5.74) is 2.61. The molecule has 142 valence electrons. The largest absolute Gasteiger partial charge is 0.463 e. The number of amides is 2. The first-order valence-corrected chi connectivity index (χ1v) is 9.48. The molecule has 27 heavy (non-hydrogen) atoms. The van der Waals surface area contributed by atoms with Gasteiger partial charge in [0.1, 0.15) is 0 Å². The number of thioether (sulfide) groups is 1. The van der Waals surface area contributed by atoms with Crippen LogP contribution in [-0.2, 0) is 9.53 Å². The van der Waals surface area contributed by atoms with E-state index in [-0.39, 0.29) is 12.6 Å². The Morgan fingerprint density at radius 1 is 1.37 bits per heavy atom. The summed E-state index contributed by atoms with van der Waals surface area (Å²) in [7, 11) is 0. The number of hydrogen-bond donors (Lipinski definition) is 3. The summed E-state index contributed by atoms with van der Waals surface area (Å²) in [6, 6.07) is 8.90. The van der Waals surface area contributed by atoms with E-state index >= 15 is 0 Å². The molecular formula is C18H21N5O3S. The van der Waals surface area contributed by atoms with E-state index in [1.807, 2.05) is 30.3 Å². The van der Waals surface area contributed by atoms with Crippen molar-refractivity contribution in [3.8, 4) is 11.3 Å². The number of esters is 1. The third-order valence-electron chi connectivity index (χ3n) is 3.98. The highest BCUT2D eigenvalue weighted by Crippen LogP contribution is 2.25. The number of nitrogens with one attached hydrogen (secondary N) is 2. The lowest BCUT2D eigenvalue weighted by Crippen LogP contribution is -2.49. The van der Waals surface area contributed by atoms with Gasteiger partial charge in [0.05, 0.1) is 30.1 Å². The van der Waals surface area contributed by atoms with Crippen molar-refractivity contribution in [1.29, 1.82) is 0 Å². The monoisotopic (exact) mass is 387 g/mol. The third kappa shape index (κ3) is 4.25. The first-order chi connectivity index (χ1) is 13.0. The van der Waals surface area contributed by atoms with E-state index in [9.17, 15) is 9.59 Å². The van der Waals surface area contributed by atoms with Crippen LogP contribution in [0, 0.1) is 0 Å². The van der Waals surface area contributed by atoms with Crippen molar-refractivity contribution in [2.24, 2.45) is 0 Å². The predicted octanol–water partition coefficient (Wildman–Crippen LogP) is 1.87. The molecule has 0 fully saturated rings. The lowest BCUT2D eigenvalue weighted by atomic mass is 10.1. The number of urea groups is 1. The number of nitrogens with zero attached hydrogens (tertiary/aromatic N) is 2. The average Bonchev–Trinajstić information content (AvgIpc) is 3.01. The summed E-state index contributed by atoms with van der Waals surface area (Å²) < 4.78 is 6.55. The molecule has 2 amide bonds. The molecule has 0 aliphatic carbocycles. The number of imidazole rings is 1. The van der Waals surface area contributed by atoms with E-state index in [1.165, 1.54) is 16.4 Å².